The van der Waals surface area contributed by atoms with Crippen molar-refractivity contribution in [2.45, 2.75) is 19.4 Å². The highest BCUT2D eigenvalue weighted by Gasteiger charge is 2.51. The Kier molecular flexibility index (Phi) is 6.80. The van der Waals surface area contributed by atoms with E-state index in [1.165, 1.54) is 0 Å². The van der Waals surface area contributed by atoms with Crippen LogP contribution in [0.3, 0.4) is 0 Å². The molecule has 162 valence electrons. The van der Waals surface area contributed by atoms with Crippen LogP contribution >= 0.6 is 11.6 Å². The van der Waals surface area contributed by atoms with Crippen molar-refractivity contribution >= 4 is 29.0 Å². The summed E-state index contributed by atoms with van der Waals surface area (Å²) >= 11 is 6.60. The average molecular weight is 440 g/mol. The standard InChI is InChI=1S/C24H27ClN4O2/c1-16-12-22(24(27)31)29(15-16,11-10-26)21-13-19(8-9-20(21)25)17-4-6-18(7-5-17)23(30)14-28(2)3/h4-9,13,16,22H,11-12,14-15H2,1-3H3,(H-,27,31)/p+1/t16-,22-,29?/m0/s1. The number of quaternary nitrogens is 1. The molecule has 0 saturated carbocycles. The van der Waals surface area contributed by atoms with E-state index in [-0.39, 0.29) is 22.7 Å². The number of halogens is 1. The van der Waals surface area contributed by atoms with E-state index >= 15 is 0 Å². The molecule has 0 radical (unpaired) electrons. The molecule has 2 N–H and O–H groups in total. The highest BCUT2D eigenvalue weighted by Crippen LogP contribution is 2.42. The molecule has 7 heteroatoms. The fourth-order valence-electron chi connectivity index (χ4n) is 4.61. The van der Waals surface area contributed by atoms with Gasteiger partial charge in [0.2, 0.25) is 0 Å². The van der Waals surface area contributed by atoms with Gasteiger partial charge in [0.15, 0.2) is 24.1 Å². The minimum Gasteiger partial charge on any atom is -0.364 e. The number of carbonyl (C=O) groups is 2. The van der Waals surface area contributed by atoms with Gasteiger partial charge in [-0.05, 0) is 31.3 Å². The van der Waals surface area contributed by atoms with E-state index in [0.717, 1.165) is 16.8 Å². The number of rotatable bonds is 7. The van der Waals surface area contributed by atoms with E-state index in [1.54, 1.807) is 6.07 Å². The number of amides is 1. The number of hydrogen-bond donors (Lipinski definition) is 1. The molecule has 0 bridgehead atoms. The molecule has 0 spiro atoms. The smallest absolute Gasteiger partial charge is 0.276 e. The van der Waals surface area contributed by atoms with Crippen molar-refractivity contribution in [3.05, 3.63) is 53.1 Å². The fourth-order valence-corrected chi connectivity index (χ4v) is 4.90. The molecule has 3 atom stereocenters. The Balaban J connectivity index is 2.02. The number of hydrogen-bond acceptors (Lipinski definition) is 4. The Bertz CT molecular complexity index is 1030. The molecule has 1 aliphatic rings. The summed E-state index contributed by atoms with van der Waals surface area (Å²) in [5.41, 5.74) is 8.97. The van der Waals surface area contributed by atoms with Gasteiger partial charge in [0, 0.05) is 24.0 Å². The Hall–Kier alpha value is -2.72. The monoisotopic (exact) mass is 439 g/mol. The predicted octanol–water partition coefficient (Wildman–Crippen LogP) is 3.48. The number of nitriles is 1. The zero-order valence-corrected chi connectivity index (χ0v) is 18.9. The number of Topliss-reactive ketones (excluding diaryl/α,β-unsaturated/α-hetero) is 1. The maximum atomic E-state index is 12.3. The first-order chi connectivity index (χ1) is 14.7. The van der Waals surface area contributed by atoms with Crippen LogP contribution in [0.2, 0.25) is 5.02 Å². The van der Waals surface area contributed by atoms with E-state index in [2.05, 4.69) is 13.0 Å². The largest absolute Gasteiger partial charge is 0.364 e. The minimum absolute atomic E-state index is 0.0576. The Morgan fingerprint density at radius 1 is 1.19 bits per heavy atom. The molecule has 2 aromatic carbocycles. The van der Waals surface area contributed by atoms with Crippen molar-refractivity contribution in [2.75, 3.05) is 33.7 Å². The van der Waals surface area contributed by atoms with Crippen molar-refractivity contribution in [3.63, 3.8) is 0 Å². The predicted molar refractivity (Wildman–Crippen MR) is 124 cm³/mol. The van der Waals surface area contributed by atoms with Gasteiger partial charge in [-0.25, -0.2) is 0 Å². The van der Waals surface area contributed by atoms with E-state index in [0.29, 0.717) is 30.1 Å². The van der Waals surface area contributed by atoms with Crippen LogP contribution in [0.15, 0.2) is 42.5 Å². The zero-order valence-electron chi connectivity index (χ0n) is 18.1. The summed E-state index contributed by atoms with van der Waals surface area (Å²) in [6.07, 6.45) is 0.625. The number of nitrogens with zero attached hydrogens (tertiary/aromatic N) is 3. The van der Waals surface area contributed by atoms with Crippen molar-refractivity contribution < 1.29 is 9.59 Å². The molecule has 1 amide bonds. The van der Waals surface area contributed by atoms with Crippen LogP contribution in [0, 0.1) is 17.2 Å². The fraction of sp³-hybridized carbons (Fsp3) is 0.375. The summed E-state index contributed by atoms with van der Waals surface area (Å²) in [6.45, 7) is 3.17. The second-order valence-corrected chi connectivity index (χ2v) is 9.10. The van der Waals surface area contributed by atoms with Gasteiger partial charge in [0.25, 0.3) is 5.91 Å². The Morgan fingerprint density at radius 3 is 2.42 bits per heavy atom. The number of nitrogens with two attached hydrogens (primary N) is 1. The van der Waals surface area contributed by atoms with Crippen molar-refractivity contribution in [2.24, 2.45) is 11.7 Å². The number of benzene rings is 2. The molecule has 1 unspecified atom stereocenters. The highest BCUT2D eigenvalue weighted by atomic mass is 35.5. The first-order valence-corrected chi connectivity index (χ1v) is 10.7. The molecule has 0 aromatic heterocycles. The third-order valence-corrected chi connectivity index (χ3v) is 6.29. The number of ketones is 1. The van der Waals surface area contributed by atoms with Gasteiger partial charge in [0.1, 0.15) is 11.1 Å². The van der Waals surface area contributed by atoms with E-state index < -0.39 is 11.9 Å². The summed E-state index contributed by atoms with van der Waals surface area (Å²) < 4.78 is 0.152. The quantitative estimate of drug-likeness (QED) is 0.406. The van der Waals surface area contributed by atoms with E-state index in [9.17, 15) is 14.9 Å². The summed E-state index contributed by atoms with van der Waals surface area (Å²) in [6, 6.07) is 14.9. The number of carbonyl (C=O) groups excluding carboxylic acids is 2. The van der Waals surface area contributed by atoms with Crippen LogP contribution in [0.5, 0.6) is 0 Å². The van der Waals surface area contributed by atoms with Crippen molar-refractivity contribution in [1.82, 2.24) is 9.38 Å². The molecule has 1 saturated heterocycles. The van der Waals surface area contributed by atoms with Gasteiger partial charge in [-0.2, -0.15) is 5.26 Å². The van der Waals surface area contributed by atoms with E-state index in [4.69, 9.17) is 17.3 Å². The Morgan fingerprint density at radius 2 is 1.84 bits per heavy atom. The van der Waals surface area contributed by atoms with Gasteiger partial charge in [-0.1, -0.05) is 48.9 Å². The molecule has 6 nitrogen and oxygen atoms in total. The lowest BCUT2D eigenvalue weighted by atomic mass is 10.0. The maximum Gasteiger partial charge on any atom is 0.276 e. The number of likely N-dealkylation sites (tertiary alicyclic amines) is 1. The third-order valence-electron chi connectivity index (χ3n) is 5.97. The van der Waals surface area contributed by atoms with Crippen LogP contribution in [-0.2, 0) is 4.79 Å². The summed E-state index contributed by atoms with van der Waals surface area (Å²) in [4.78, 5) is 26.4. The molecule has 1 fully saturated rings. The number of likely N-dealkylation sites (N-methyl/N-ethyl adjacent to an activating group) is 1. The van der Waals surface area contributed by atoms with Gasteiger partial charge in [0.05, 0.1) is 13.1 Å². The van der Waals surface area contributed by atoms with Gasteiger partial charge < -0.3 is 10.6 Å². The molecule has 1 aliphatic heterocycles. The molecular weight excluding hydrogens is 412 g/mol. The molecular formula is C24H28ClN4O2+. The lowest BCUT2D eigenvalue weighted by Gasteiger charge is -2.37. The maximum absolute atomic E-state index is 12.3. The summed E-state index contributed by atoms with van der Waals surface area (Å²) in [5.74, 6) is -0.111. The lowest BCUT2D eigenvalue weighted by molar-refractivity contribution is -0.121. The Labute approximate surface area is 188 Å². The van der Waals surface area contributed by atoms with E-state index in [1.807, 2.05) is 55.4 Å². The SMILES string of the molecule is C[C@H]1C[C@@H](C(N)=O)[N+](CC#N)(c2cc(-c3ccc(C(=O)CN(C)C)cc3)ccc2Cl)C1. The van der Waals surface area contributed by atoms with Crippen molar-refractivity contribution in [3.8, 4) is 17.2 Å². The average Bonchev–Trinajstić information content (AvgIpc) is 3.05. The van der Waals surface area contributed by atoms with Crippen molar-refractivity contribution in [1.29, 1.82) is 5.26 Å². The zero-order chi connectivity index (χ0) is 22.8. The molecule has 3 rings (SSSR count). The van der Waals surface area contributed by atoms with Gasteiger partial charge in [-0.15, -0.1) is 0 Å². The van der Waals surface area contributed by atoms with Crippen LogP contribution in [0.25, 0.3) is 11.1 Å². The topological polar surface area (TPSA) is 87.2 Å². The number of primary amides is 1. The summed E-state index contributed by atoms with van der Waals surface area (Å²) in [7, 11) is 3.72. The van der Waals surface area contributed by atoms with Gasteiger partial charge in [-0.3, -0.25) is 14.1 Å². The minimum atomic E-state index is -0.492. The lowest BCUT2D eigenvalue weighted by Crippen LogP contribution is -2.58. The van der Waals surface area contributed by atoms with Crippen LogP contribution in [0.1, 0.15) is 23.7 Å². The first-order valence-electron chi connectivity index (χ1n) is 10.3. The van der Waals surface area contributed by atoms with Crippen LogP contribution in [0.4, 0.5) is 5.69 Å². The second kappa shape index (κ2) is 9.19. The molecule has 2 aromatic rings. The summed E-state index contributed by atoms with van der Waals surface area (Å²) in [5, 5.41) is 10.1. The van der Waals surface area contributed by atoms with Gasteiger partial charge >= 0.3 is 0 Å². The van der Waals surface area contributed by atoms with Crippen LogP contribution < -0.4 is 10.2 Å². The van der Waals surface area contributed by atoms with Crippen LogP contribution in [-0.4, -0.2) is 56.4 Å². The second-order valence-electron chi connectivity index (χ2n) is 8.70. The molecule has 31 heavy (non-hydrogen) atoms. The molecule has 1 heterocycles. The third kappa shape index (κ3) is 4.64. The normalized spacial score (nSPS) is 23.0. The highest BCUT2D eigenvalue weighted by molar-refractivity contribution is 6.33. The molecule has 0 aliphatic carbocycles. The first kappa shape index (κ1) is 23.0.